The maximum absolute atomic E-state index is 12.5. The predicted molar refractivity (Wildman–Crippen MR) is 495 cm³/mol. The van der Waals surface area contributed by atoms with Crippen molar-refractivity contribution in [3.63, 3.8) is 0 Å². The zero-order valence-electron chi connectivity index (χ0n) is 81.7. The molecule has 17 N–H and O–H groups in total. The van der Waals surface area contributed by atoms with Gasteiger partial charge in [-0.3, -0.25) is 85.1 Å². The second-order valence-electron chi connectivity index (χ2n) is 39.6. The molecule has 0 spiro atoms. The van der Waals surface area contributed by atoms with Gasteiger partial charge in [0, 0.05) is 63.4 Å². The van der Waals surface area contributed by atoms with Gasteiger partial charge >= 0.3 is 98.6 Å². The highest BCUT2D eigenvalue weighted by atomic mass is 32.3. The summed E-state index contributed by atoms with van der Waals surface area (Å²) in [4.78, 5) is 190. The first kappa shape index (κ1) is 117. The van der Waals surface area contributed by atoms with Crippen LogP contribution >= 0.6 is 0 Å². The van der Waals surface area contributed by atoms with E-state index < -0.39 is 207 Å². The molecule has 846 valence electrons. The van der Waals surface area contributed by atoms with E-state index in [2.05, 4.69) is 68.8 Å². The summed E-state index contributed by atoms with van der Waals surface area (Å²) in [5.74, 6) is -2.71. The lowest BCUT2D eigenvalue weighted by atomic mass is 9.92. The van der Waals surface area contributed by atoms with Gasteiger partial charge in [0.2, 0.25) is 0 Å². The van der Waals surface area contributed by atoms with Crippen LogP contribution < -0.4 is 49.7 Å². The molecule has 6 saturated carbocycles. The smallest absolute Gasteiger partial charge is 0.328 e. The number of hydrogen-bond acceptors (Lipinski definition) is 40. The molecule has 0 aromatic carbocycles. The zero-order valence-corrected chi connectivity index (χ0v) is 86.6. The van der Waals surface area contributed by atoms with E-state index in [-0.39, 0.29) is 88.0 Å². The number of carbonyl (C=O) groups excluding carboxylic acids is 12. The fraction of sp³-hybridized carbons (Fsp3) is 0.848. The molecule has 0 aromatic rings. The molecule has 12 heterocycles. The molecule has 0 aromatic heterocycles. The van der Waals surface area contributed by atoms with Gasteiger partial charge in [0.1, 0.15) is 42.4 Å². The normalized spacial score (nSPS) is 31.1. The molecule has 6 unspecified atom stereocenters. The Bertz CT molecular complexity index is 5400. The fourth-order valence-corrected chi connectivity index (χ4v) is 23.9. The Morgan fingerprint density at radius 1 is 0.282 bits per heavy atom. The second kappa shape index (κ2) is 50.6. The van der Waals surface area contributed by atoms with Crippen LogP contribution in [0.15, 0.2) is 0 Å². The van der Waals surface area contributed by atoms with Gasteiger partial charge in [-0.2, -0.15) is 80.9 Å². The van der Waals surface area contributed by atoms with Crippen LogP contribution in [0.25, 0.3) is 0 Å². The van der Waals surface area contributed by atoms with Crippen LogP contribution in [0.5, 0.6) is 0 Å². The van der Waals surface area contributed by atoms with Crippen molar-refractivity contribution in [1.82, 2.24) is 103 Å². The zero-order chi connectivity index (χ0) is 108. The Balaban J connectivity index is 0.000000149. The van der Waals surface area contributed by atoms with Crippen LogP contribution in [-0.2, 0) is 146 Å². The van der Waals surface area contributed by atoms with Crippen molar-refractivity contribution in [3.8, 4) is 0 Å². The summed E-state index contributed by atoms with van der Waals surface area (Å²) in [7, 11) is -22.8. The minimum absolute atomic E-state index is 0.00678. The largest absolute Gasteiger partial charge is 0.418 e. The van der Waals surface area contributed by atoms with E-state index >= 15 is 0 Å². The first-order valence-electron chi connectivity index (χ1n) is 49.3. The third-order valence-electron chi connectivity index (χ3n) is 29.2. The summed E-state index contributed by atoms with van der Waals surface area (Å²) in [5.41, 5.74) is 26.1. The van der Waals surface area contributed by atoms with Gasteiger partial charge in [-0.05, 0) is 207 Å². The van der Waals surface area contributed by atoms with Gasteiger partial charge in [-0.25, -0.2) is 61.6 Å². The van der Waals surface area contributed by atoms with Crippen LogP contribution in [0.4, 0.5) is 28.8 Å². The van der Waals surface area contributed by atoms with Gasteiger partial charge in [0.15, 0.2) is 0 Å². The van der Waals surface area contributed by atoms with Gasteiger partial charge in [-0.1, -0.05) is 44.9 Å². The molecule has 0 radical (unpaired) electrons. The number of hydrogen-bond donors (Lipinski definition) is 15. The van der Waals surface area contributed by atoms with E-state index in [0.29, 0.717) is 126 Å². The SMILES string of the molecule is CN(C)C1CCC(ONC(=O)[C@@H]2CC[C@@H]3CN2C(=O)N3OS(=O)(=O)O)CC1.CNC1CCC(ONC(=O)[C@@H]2CC[C@@H]3CN2C(=O)N3OS(=O)(=O)O)C1.NC1CCC(ONC(=O)[C@@H]2CC[C@@H]3CN2C(=O)N3OS(=O)(=O)O)C1.NC1CCCC1ONC(=O)[C@@H]1CC[C@@H]2CN1C(=O)N2OS(=O)(=O)O.O=C(NOC1CCCCC1)[C@@H]1CC[C@@H]2CN1C(=O)N2OS(=O)(=O)O.O=C(NOC1CCCCCC1)[C@@H]1CC[C@@H]2CN1C(=O)N2OS(=O)(=O)O. The van der Waals surface area contributed by atoms with Gasteiger partial charge in [0.05, 0.1) is 66.8 Å². The van der Waals surface area contributed by atoms with Crippen molar-refractivity contribution in [2.75, 3.05) is 60.4 Å². The van der Waals surface area contributed by atoms with Crippen molar-refractivity contribution in [2.45, 2.75) is 364 Å². The Labute approximate surface area is 858 Å². The quantitative estimate of drug-likeness (QED) is 0.0198. The van der Waals surface area contributed by atoms with Crippen LogP contribution in [0.1, 0.15) is 231 Å². The summed E-state index contributed by atoms with van der Waals surface area (Å²) in [6, 6.07) is -11.5. The molecule has 12 bridgehead atoms. The fourth-order valence-electron chi connectivity index (χ4n) is 21.6. The van der Waals surface area contributed by atoms with E-state index in [4.69, 9.17) is 67.8 Å². The lowest BCUT2D eigenvalue weighted by Gasteiger charge is -2.33. The molecule has 18 rings (SSSR count). The van der Waals surface area contributed by atoms with E-state index in [1.807, 2.05) is 21.1 Å². The number of piperidine rings is 6. The topological polar surface area (TPSA) is 820 Å². The minimum atomic E-state index is -4.81. The molecule has 12 saturated heterocycles. The average molecular weight is 2250 g/mol. The number of urea groups is 6. The number of rotatable bonds is 32. The standard InChI is InChI=1S/C15H26N4O7S.C14H23N3O7S.C13H22N4O7S.C13H21N3O7S.2C12H20N4O7S/c1-17(2)10-3-6-12(7-4-10)25-16-14(20)13-8-5-11-9-18(13)15(21)19(11)26-27(22,23)24;18-13(15-23-11-5-3-1-2-4-6-11)12-8-7-10-9-16(12)14(19)17(10)24-25(20,21)22;1-14-8-2-4-10(6-8)23-15-12(18)11-5-3-9-7-16(11)13(19)17(9)24-25(20,21)22;17-12(14-22-10-4-2-1-3-5-10)11-7-6-9-8-15(11)13(18)16(9)23-24(19,20)21;13-7-1-3-9(5-7)22-14-11(17)10-4-2-8-6-15(10)12(18)16(8)23-24(19,20)21;13-8-2-1-3-10(8)22-14-11(17)9-5-4-7-6-15(9)12(18)16(7)23-24(19,20)21/h10-13H,3-9H2,1-2H3,(H,16,20)(H,22,23,24);10-12H,1-9H2,(H,15,18)(H,20,21,22);8-11,14H,2-7H2,1H3,(H,15,18)(H,20,21,22);9-11H,1-8H2,(H,14,17)(H,19,20,21);2*7-10H,1-6,13H2,(H,14,17)(H,19,20,21)/t10?,11-,12?,13+;10-,12+;8?,9-,10?,11+;9-,11+;7?,8-,9?,10+;7-,8?,9+,10?/m111111/s1. The highest BCUT2D eigenvalue weighted by Crippen LogP contribution is 2.40. The first-order valence-corrected chi connectivity index (χ1v) is 57.5. The lowest BCUT2D eigenvalue weighted by Crippen LogP contribution is -2.51. The van der Waals surface area contributed by atoms with E-state index in [1.54, 1.807) is 0 Å². The summed E-state index contributed by atoms with van der Waals surface area (Å²) in [6.07, 6.45) is 26.2. The molecule has 12 aliphatic heterocycles. The van der Waals surface area contributed by atoms with Crippen molar-refractivity contribution >= 4 is 134 Å². The van der Waals surface area contributed by atoms with Crippen molar-refractivity contribution in [3.05, 3.63) is 0 Å². The van der Waals surface area contributed by atoms with E-state index in [0.717, 1.165) is 128 Å². The van der Waals surface area contributed by atoms with Gasteiger partial charge in [0.25, 0.3) is 35.4 Å². The molecule has 64 nitrogen and oxygen atoms in total. The predicted octanol–water partition coefficient (Wildman–Crippen LogP) is -1.95. The van der Waals surface area contributed by atoms with Crippen LogP contribution in [-0.4, -0.2) is 408 Å². The van der Waals surface area contributed by atoms with Crippen LogP contribution in [0, 0.1) is 0 Å². The highest BCUT2D eigenvalue weighted by Gasteiger charge is 2.57. The average Bonchev–Trinajstić information content (AvgIpc) is 1.64. The van der Waals surface area contributed by atoms with Crippen molar-refractivity contribution < 1.29 is 190 Å². The maximum atomic E-state index is 12.5. The maximum Gasteiger partial charge on any atom is 0.418 e. The highest BCUT2D eigenvalue weighted by molar-refractivity contribution is 7.82. The van der Waals surface area contributed by atoms with E-state index in [1.165, 1.54) is 48.7 Å². The summed E-state index contributed by atoms with van der Waals surface area (Å²) in [6.45, 7) is 0.903. The second-order valence-corrected chi connectivity index (χ2v) is 45.6. The number of nitrogens with one attached hydrogen (secondary N) is 7. The van der Waals surface area contributed by atoms with Crippen molar-refractivity contribution in [1.29, 1.82) is 0 Å². The third-order valence-corrected chi connectivity index (χ3v) is 31.3. The summed E-state index contributed by atoms with van der Waals surface area (Å²) in [5, 5.41) is 6.81. The number of fused-ring (bicyclic) bond motifs is 12. The molecule has 18 atom stereocenters. The van der Waals surface area contributed by atoms with Crippen LogP contribution in [0.2, 0.25) is 0 Å². The number of nitrogens with two attached hydrogens (primary N) is 2. The molecule has 149 heavy (non-hydrogen) atoms. The Morgan fingerprint density at radius 3 is 0.745 bits per heavy atom. The Morgan fingerprint density at radius 2 is 0.517 bits per heavy atom. The van der Waals surface area contributed by atoms with Crippen molar-refractivity contribution in [2.24, 2.45) is 11.5 Å². The monoisotopic (exact) mass is 2250 g/mol. The Kier molecular flexibility index (Phi) is 39.9. The molecule has 18 amide bonds. The molecule has 18 aliphatic rings. The first-order chi connectivity index (χ1) is 70.1. The minimum Gasteiger partial charge on any atom is -0.328 e. The number of hydroxylamine groups is 18. The van der Waals surface area contributed by atoms with E-state index in [9.17, 15) is 108 Å². The molecular formula is C79H132N22O42S6. The lowest BCUT2D eigenvalue weighted by molar-refractivity contribution is -0.146. The summed E-state index contributed by atoms with van der Waals surface area (Å²) < 4.78 is 209. The number of carbonyl (C=O) groups is 12. The van der Waals surface area contributed by atoms with Crippen LogP contribution in [0.3, 0.4) is 0 Å². The molecule has 18 fully saturated rings. The molecular weight excluding hydrogens is 2120 g/mol. The molecule has 6 aliphatic carbocycles. The number of amides is 18. The van der Waals surface area contributed by atoms with Gasteiger partial charge in [-0.15, -0.1) is 25.7 Å². The Hall–Kier alpha value is -8.74. The summed E-state index contributed by atoms with van der Waals surface area (Å²) >= 11 is 0. The number of nitrogens with zero attached hydrogens (tertiary/aromatic N) is 13. The molecule has 70 heteroatoms. The third kappa shape index (κ3) is 32.0. The van der Waals surface area contributed by atoms with Gasteiger partial charge < -0.3 is 51.1 Å².